The zero-order chi connectivity index (χ0) is 24.6. The van der Waals surface area contributed by atoms with E-state index in [1.165, 1.54) is 34.9 Å². The van der Waals surface area contributed by atoms with Crippen molar-refractivity contribution in [3.8, 4) is 0 Å². The lowest BCUT2D eigenvalue weighted by molar-refractivity contribution is -0.143. The van der Waals surface area contributed by atoms with Crippen molar-refractivity contribution in [1.82, 2.24) is 9.47 Å². The highest BCUT2D eigenvalue weighted by molar-refractivity contribution is 7.90. The molecule has 1 aliphatic rings. The van der Waals surface area contributed by atoms with Gasteiger partial charge in [-0.25, -0.2) is 8.42 Å². The van der Waals surface area contributed by atoms with Crippen molar-refractivity contribution < 1.29 is 32.3 Å². The third-order valence-corrected chi connectivity index (χ3v) is 7.22. The summed E-state index contributed by atoms with van der Waals surface area (Å²) in [5, 5.41) is 0. The van der Waals surface area contributed by atoms with Crippen LogP contribution in [0.2, 0.25) is 0 Å². The van der Waals surface area contributed by atoms with Crippen LogP contribution >= 0.6 is 11.3 Å². The molecule has 3 aromatic rings. The van der Waals surface area contributed by atoms with Crippen molar-refractivity contribution in [2.75, 3.05) is 19.4 Å². The van der Waals surface area contributed by atoms with Gasteiger partial charge in [-0.05, 0) is 37.3 Å². The molecule has 2 heterocycles. The molecule has 34 heavy (non-hydrogen) atoms. The predicted octanol–water partition coefficient (Wildman–Crippen LogP) is 1.39. The molecule has 0 fully saturated rings. The molecule has 0 spiro atoms. The van der Waals surface area contributed by atoms with E-state index in [0.717, 1.165) is 22.5 Å². The number of amides is 3. The standard InChI is InChI=1S/C22H19N3O7S2/c1-3-32-19(27)12-24-16-9-8-13(34(2,30)31)10-17(16)33-22(24)23-18(26)11-25-20(28)14-6-4-5-7-15(14)21(25)29/h4-10H,3,11-12H2,1-2H3. The van der Waals surface area contributed by atoms with Crippen molar-refractivity contribution in [2.24, 2.45) is 4.99 Å². The highest BCUT2D eigenvalue weighted by atomic mass is 32.2. The molecule has 176 valence electrons. The number of sulfone groups is 1. The van der Waals surface area contributed by atoms with Crippen LogP contribution in [0.4, 0.5) is 0 Å². The quantitative estimate of drug-likeness (QED) is 0.368. The summed E-state index contributed by atoms with van der Waals surface area (Å²) in [4.78, 5) is 55.0. The van der Waals surface area contributed by atoms with Crippen LogP contribution < -0.4 is 4.80 Å². The number of benzene rings is 2. The van der Waals surface area contributed by atoms with Crippen molar-refractivity contribution in [3.05, 3.63) is 58.4 Å². The van der Waals surface area contributed by atoms with Crippen molar-refractivity contribution in [1.29, 1.82) is 0 Å². The van der Waals surface area contributed by atoms with Gasteiger partial charge in [0.2, 0.25) is 0 Å². The number of ether oxygens (including phenoxy) is 1. The van der Waals surface area contributed by atoms with Gasteiger partial charge in [-0.1, -0.05) is 23.5 Å². The summed E-state index contributed by atoms with van der Waals surface area (Å²) in [6.45, 7) is 0.980. The van der Waals surface area contributed by atoms with E-state index in [1.807, 2.05) is 0 Å². The second-order valence-corrected chi connectivity index (χ2v) is 10.4. The van der Waals surface area contributed by atoms with Gasteiger partial charge in [0, 0.05) is 6.26 Å². The molecule has 3 amide bonds. The normalized spacial score (nSPS) is 14.1. The Morgan fingerprint density at radius 3 is 2.26 bits per heavy atom. The summed E-state index contributed by atoms with van der Waals surface area (Å²) >= 11 is 1.00. The van der Waals surface area contributed by atoms with E-state index < -0.39 is 40.1 Å². The van der Waals surface area contributed by atoms with Crippen molar-refractivity contribution in [2.45, 2.75) is 18.4 Å². The average Bonchev–Trinajstić information content (AvgIpc) is 3.23. The Morgan fingerprint density at radius 2 is 1.68 bits per heavy atom. The molecular formula is C22H19N3O7S2. The fourth-order valence-corrected chi connectivity index (χ4v) is 5.33. The zero-order valence-electron chi connectivity index (χ0n) is 18.2. The van der Waals surface area contributed by atoms with E-state index in [2.05, 4.69) is 4.99 Å². The summed E-state index contributed by atoms with van der Waals surface area (Å²) in [7, 11) is -3.48. The number of esters is 1. The van der Waals surface area contributed by atoms with Crippen LogP contribution in [0.1, 0.15) is 27.6 Å². The Labute approximate surface area is 198 Å². The lowest BCUT2D eigenvalue weighted by Crippen LogP contribution is -2.35. The highest BCUT2D eigenvalue weighted by Crippen LogP contribution is 2.23. The second kappa shape index (κ2) is 8.95. The zero-order valence-corrected chi connectivity index (χ0v) is 19.8. The van der Waals surface area contributed by atoms with Gasteiger partial charge < -0.3 is 9.30 Å². The summed E-state index contributed by atoms with van der Waals surface area (Å²) in [6.07, 6.45) is 1.07. The number of nitrogens with zero attached hydrogens (tertiary/aromatic N) is 3. The number of aromatic nitrogens is 1. The predicted molar refractivity (Wildman–Crippen MR) is 122 cm³/mol. The maximum Gasteiger partial charge on any atom is 0.326 e. The number of rotatable bonds is 6. The van der Waals surface area contributed by atoms with E-state index in [-0.39, 0.29) is 34.0 Å². The molecule has 0 radical (unpaired) electrons. The van der Waals surface area contributed by atoms with E-state index in [4.69, 9.17) is 4.74 Å². The van der Waals surface area contributed by atoms with Crippen LogP contribution in [0.15, 0.2) is 52.4 Å². The summed E-state index contributed by atoms with van der Waals surface area (Å²) in [6, 6.07) is 10.6. The van der Waals surface area contributed by atoms with Gasteiger partial charge >= 0.3 is 5.97 Å². The molecule has 1 aliphatic heterocycles. The van der Waals surface area contributed by atoms with Gasteiger partial charge in [-0.3, -0.25) is 24.1 Å². The Morgan fingerprint density at radius 1 is 1.03 bits per heavy atom. The molecule has 0 bridgehead atoms. The molecule has 0 saturated carbocycles. The van der Waals surface area contributed by atoms with Crippen LogP contribution in [0.25, 0.3) is 10.2 Å². The number of carbonyl (C=O) groups excluding carboxylic acids is 4. The van der Waals surface area contributed by atoms with Crippen LogP contribution in [0, 0.1) is 0 Å². The molecule has 0 aliphatic carbocycles. The Kier molecular flexibility index (Phi) is 6.19. The molecule has 10 nitrogen and oxygen atoms in total. The largest absolute Gasteiger partial charge is 0.465 e. The number of carbonyl (C=O) groups is 4. The average molecular weight is 502 g/mol. The van der Waals surface area contributed by atoms with Gasteiger partial charge in [-0.2, -0.15) is 4.99 Å². The number of thiazole rings is 1. The molecular weight excluding hydrogens is 482 g/mol. The molecule has 12 heteroatoms. The summed E-state index contributed by atoms with van der Waals surface area (Å²) < 4.78 is 30.8. The van der Waals surface area contributed by atoms with Gasteiger partial charge in [-0.15, -0.1) is 0 Å². The van der Waals surface area contributed by atoms with Crippen LogP contribution in [0.3, 0.4) is 0 Å². The first-order chi connectivity index (χ1) is 16.1. The van der Waals surface area contributed by atoms with E-state index >= 15 is 0 Å². The van der Waals surface area contributed by atoms with E-state index in [1.54, 1.807) is 19.1 Å². The summed E-state index contributed by atoms with van der Waals surface area (Å²) in [5.41, 5.74) is 0.915. The van der Waals surface area contributed by atoms with Gasteiger partial charge in [0.25, 0.3) is 17.7 Å². The Balaban J connectivity index is 1.72. The molecule has 0 saturated heterocycles. The van der Waals surface area contributed by atoms with Crippen LogP contribution in [-0.4, -0.2) is 61.0 Å². The molecule has 4 rings (SSSR count). The smallest absolute Gasteiger partial charge is 0.326 e. The molecule has 0 unspecified atom stereocenters. The maximum atomic E-state index is 12.7. The summed E-state index contributed by atoms with van der Waals surface area (Å²) in [5.74, 6) is -2.51. The fraction of sp³-hybridized carbons (Fsp3) is 0.227. The lowest BCUT2D eigenvalue weighted by Gasteiger charge is -2.10. The molecule has 0 N–H and O–H groups in total. The van der Waals surface area contributed by atoms with Gasteiger partial charge in [0.15, 0.2) is 14.6 Å². The number of fused-ring (bicyclic) bond motifs is 2. The number of imide groups is 1. The molecule has 0 atom stereocenters. The third kappa shape index (κ3) is 4.41. The minimum absolute atomic E-state index is 0.0773. The number of hydrogen-bond donors (Lipinski definition) is 0. The van der Waals surface area contributed by atoms with E-state index in [0.29, 0.717) is 10.2 Å². The minimum Gasteiger partial charge on any atom is -0.465 e. The highest BCUT2D eigenvalue weighted by Gasteiger charge is 2.36. The fourth-order valence-electron chi connectivity index (χ4n) is 3.52. The molecule has 1 aromatic heterocycles. The Hall–Kier alpha value is -3.64. The van der Waals surface area contributed by atoms with Crippen molar-refractivity contribution >= 4 is 55.1 Å². The van der Waals surface area contributed by atoms with Crippen molar-refractivity contribution in [3.63, 3.8) is 0 Å². The van der Waals surface area contributed by atoms with Gasteiger partial charge in [0.05, 0.1) is 32.8 Å². The first kappa shape index (κ1) is 23.5. The SMILES string of the molecule is CCOC(=O)Cn1c(=NC(=O)CN2C(=O)c3ccccc3C2=O)sc2cc(S(C)(=O)=O)ccc21. The minimum atomic E-state index is -3.48. The number of hydrogen-bond acceptors (Lipinski definition) is 8. The van der Waals surface area contributed by atoms with Crippen LogP contribution in [0.5, 0.6) is 0 Å². The second-order valence-electron chi connectivity index (χ2n) is 7.43. The molecule has 2 aromatic carbocycles. The van der Waals surface area contributed by atoms with E-state index in [9.17, 15) is 27.6 Å². The monoisotopic (exact) mass is 501 g/mol. The van der Waals surface area contributed by atoms with Gasteiger partial charge in [0.1, 0.15) is 13.1 Å². The maximum absolute atomic E-state index is 12.7. The third-order valence-electron chi connectivity index (χ3n) is 5.07. The lowest BCUT2D eigenvalue weighted by atomic mass is 10.1. The topological polar surface area (TPSA) is 132 Å². The van der Waals surface area contributed by atoms with Crippen LogP contribution in [-0.2, 0) is 30.7 Å². The first-order valence-electron chi connectivity index (χ1n) is 10.1. The Bertz CT molecular complexity index is 1500. The first-order valence-corrected chi connectivity index (χ1v) is 12.8.